The van der Waals surface area contributed by atoms with Gasteiger partial charge in [-0.15, -0.1) is 0 Å². The second-order valence-corrected chi connectivity index (χ2v) is 4.25. The fourth-order valence-corrected chi connectivity index (χ4v) is 1.86. The van der Waals surface area contributed by atoms with Crippen molar-refractivity contribution in [1.29, 1.82) is 0 Å². The monoisotopic (exact) mass is 283 g/mol. The Morgan fingerprint density at radius 2 is 2.10 bits per heavy atom. The number of hydrogen-bond donors (Lipinski definition) is 0. The van der Waals surface area contributed by atoms with Crippen LogP contribution in [0, 0.1) is 10.1 Å². The van der Waals surface area contributed by atoms with E-state index in [9.17, 15) is 10.1 Å². The van der Waals surface area contributed by atoms with Gasteiger partial charge in [0.15, 0.2) is 17.8 Å². The largest absolute Gasteiger partial charge is 0.493 e. The molecule has 0 spiro atoms. The molecule has 7 nitrogen and oxygen atoms in total. The van der Waals surface area contributed by atoms with Crippen molar-refractivity contribution in [1.82, 2.24) is 0 Å². The number of ether oxygens (including phenoxy) is 4. The molecule has 1 aromatic rings. The van der Waals surface area contributed by atoms with Gasteiger partial charge in [-0.2, -0.15) is 0 Å². The first-order chi connectivity index (χ1) is 9.70. The first-order valence-electron chi connectivity index (χ1n) is 6.39. The summed E-state index contributed by atoms with van der Waals surface area (Å²) in [5, 5.41) is 10.7. The van der Waals surface area contributed by atoms with E-state index in [0.29, 0.717) is 37.7 Å². The van der Waals surface area contributed by atoms with Crippen LogP contribution in [-0.2, 0) is 9.47 Å². The Kier molecular flexibility index (Phi) is 5.14. The Balaban J connectivity index is 1.93. The number of methoxy groups -OCH3 is 1. The highest BCUT2D eigenvalue weighted by molar-refractivity contribution is 5.48. The van der Waals surface area contributed by atoms with Gasteiger partial charge in [-0.05, 0) is 12.5 Å². The summed E-state index contributed by atoms with van der Waals surface area (Å²) < 4.78 is 21.4. The third-order valence-corrected chi connectivity index (χ3v) is 2.87. The Morgan fingerprint density at radius 3 is 2.75 bits per heavy atom. The van der Waals surface area contributed by atoms with Gasteiger partial charge in [0.05, 0.1) is 37.9 Å². The molecule has 0 unspecified atom stereocenters. The molecule has 0 aliphatic carbocycles. The van der Waals surface area contributed by atoms with Crippen molar-refractivity contribution >= 4 is 5.69 Å². The maximum Gasteiger partial charge on any atom is 0.273 e. The summed E-state index contributed by atoms with van der Waals surface area (Å²) in [4.78, 5) is 10.3. The number of nitrogens with zero attached hydrogens (tertiary/aromatic N) is 1. The summed E-state index contributed by atoms with van der Waals surface area (Å²) in [7, 11) is 1.49. The van der Waals surface area contributed by atoms with E-state index in [1.165, 1.54) is 25.3 Å². The Bertz CT molecular complexity index is 458. The Morgan fingerprint density at radius 1 is 1.35 bits per heavy atom. The summed E-state index contributed by atoms with van der Waals surface area (Å²) in [5.41, 5.74) is -0.0361. The fourth-order valence-electron chi connectivity index (χ4n) is 1.86. The van der Waals surface area contributed by atoms with E-state index in [4.69, 9.17) is 18.9 Å². The summed E-state index contributed by atoms with van der Waals surface area (Å²) >= 11 is 0. The molecular formula is C13H17NO6. The SMILES string of the molecule is COc1ccc([N+](=O)[O-])cc1OCCC1OCCCO1. The summed E-state index contributed by atoms with van der Waals surface area (Å²) in [6, 6.07) is 4.24. The minimum Gasteiger partial charge on any atom is -0.493 e. The van der Waals surface area contributed by atoms with E-state index in [-0.39, 0.29) is 12.0 Å². The minimum atomic E-state index is -0.473. The van der Waals surface area contributed by atoms with E-state index >= 15 is 0 Å². The average Bonchev–Trinajstić information content (AvgIpc) is 2.48. The number of non-ortho nitro benzene ring substituents is 1. The highest BCUT2D eigenvalue weighted by atomic mass is 16.7. The summed E-state index contributed by atoms with van der Waals surface area (Å²) in [6.07, 6.45) is 1.19. The first-order valence-corrected chi connectivity index (χ1v) is 6.39. The van der Waals surface area contributed by atoms with Gasteiger partial charge in [0.25, 0.3) is 5.69 Å². The molecule has 7 heteroatoms. The second kappa shape index (κ2) is 7.06. The lowest BCUT2D eigenvalue weighted by Gasteiger charge is -2.23. The number of hydrogen-bond acceptors (Lipinski definition) is 6. The number of rotatable bonds is 6. The van der Waals surface area contributed by atoms with Crippen molar-refractivity contribution < 1.29 is 23.9 Å². The third-order valence-electron chi connectivity index (χ3n) is 2.87. The normalized spacial score (nSPS) is 15.8. The molecule has 0 radical (unpaired) electrons. The zero-order valence-corrected chi connectivity index (χ0v) is 11.2. The van der Waals surface area contributed by atoms with E-state index in [1.54, 1.807) is 0 Å². The zero-order valence-electron chi connectivity index (χ0n) is 11.2. The molecule has 20 heavy (non-hydrogen) atoms. The standard InChI is InChI=1S/C13H17NO6/c1-17-11-4-3-10(14(15)16)9-12(11)18-8-5-13-19-6-2-7-20-13/h3-4,9,13H,2,5-8H2,1H3. The van der Waals surface area contributed by atoms with Gasteiger partial charge in [0, 0.05) is 12.5 Å². The Labute approximate surface area is 116 Å². The van der Waals surface area contributed by atoms with Crippen LogP contribution in [0.3, 0.4) is 0 Å². The van der Waals surface area contributed by atoms with Crippen LogP contribution in [0.4, 0.5) is 5.69 Å². The van der Waals surface area contributed by atoms with Crippen molar-refractivity contribution in [2.45, 2.75) is 19.1 Å². The molecule has 1 saturated heterocycles. The molecule has 1 fully saturated rings. The molecule has 1 aliphatic heterocycles. The lowest BCUT2D eigenvalue weighted by molar-refractivity contribution is -0.385. The van der Waals surface area contributed by atoms with Crippen LogP contribution >= 0.6 is 0 Å². The minimum absolute atomic E-state index is 0.0361. The Hall–Kier alpha value is -1.86. The fraction of sp³-hybridized carbons (Fsp3) is 0.538. The molecule has 0 atom stereocenters. The van der Waals surface area contributed by atoms with Gasteiger partial charge in [-0.3, -0.25) is 10.1 Å². The van der Waals surface area contributed by atoms with Crippen LogP contribution in [0.2, 0.25) is 0 Å². The molecule has 0 amide bonds. The van der Waals surface area contributed by atoms with Crippen LogP contribution in [0.25, 0.3) is 0 Å². The van der Waals surface area contributed by atoms with Gasteiger partial charge in [-0.1, -0.05) is 0 Å². The number of nitro groups is 1. The van der Waals surface area contributed by atoms with Gasteiger partial charge < -0.3 is 18.9 Å². The smallest absolute Gasteiger partial charge is 0.273 e. The molecule has 1 aliphatic rings. The molecule has 110 valence electrons. The maximum atomic E-state index is 10.7. The van der Waals surface area contributed by atoms with Gasteiger partial charge in [0.1, 0.15) is 0 Å². The highest BCUT2D eigenvalue weighted by Crippen LogP contribution is 2.31. The van der Waals surface area contributed by atoms with E-state index in [1.807, 2.05) is 0 Å². The third kappa shape index (κ3) is 3.82. The van der Waals surface area contributed by atoms with Crippen molar-refractivity contribution in [2.24, 2.45) is 0 Å². The van der Waals surface area contributed by atoms with Crippen molar-refractivity contribution in [3.8, 4) is 11.5 Å². The molecule has 1 heterocycles. The van der Waals surface area contributed by atoms with Gasteiger partial charge in [0.2, 0.25) is 0 Å². The molecule has 0 N–H and O–H groups in total. The predicted octanol–water partition coefficient (Wildman–Crippen LogP) is 2.14. The summed E-state index contributed by atoms with van der Waals surface area (Å²) in [6.45, 7) is 1.71. The number of benzene rings is 1. The van der Waals surface area contributed by atoms with Gasteiger partial charge >= 0.3 is 0 Å². The average molecular weight is 283 g/mol. The lowest BCUT2D eigenvalue weighted by Crippen LogP contribution is -2.26. The molecule has 2 rings (SSSR count). The quantitative estimate of drug-likeness (QED) is 0.587. The van der Waals surface area contributed by atoms with Crippen molar-refractivity contribution in [3.63, 3.8) is 0 Å². The lowest BCUT2D eigenvalue weighted by atomic mass is 10.3. The zero-order chi connectivity index (χ0) is 14.4. The van der Waals surface area contributed by atoms with Crippen LogP contribution in [0.5, 0.6) is 11.5 Å². The molecule has 0 bridgehead atoms. The van der Waals surface area contributed by atoms with Crippen molar-refractivity contribution in [2.75, 3.05) is 26.9 Å². The summed E-state index contributed by atoms with van der Waals surface area (Å²) in [5.74, 6) is 0.804. The van der Waals surface area contributed by atoms with Crippen LogP contribution in [-0.4, -0.2) is 38.1 Å². The predicted molar refractivity (Wildman–Crippen MR) is 70.1 cm³/mol. The number of nitro benzene ring substituents is 1. The van der Waals surface area contributed by atoms with E-state index in [0.717, 1.165) is 6.42 Å². The topological polar surface area (TPSA) is 80.1 Å². The van der Waals surface area contributed by atoms with Crippen LogP contribution in [0.15, 0.2) is 18.2 Å². The van der Waals surface area contributed by atoms with E-state index < -0.39 is 4.92 Å². The van der Waals surface area contributed by atoms with Gasteiger partial charge in [-0.25, -0.2) is 0 Å². The molecular weight excluding hydrogens is 266 g/mol. The first kappa shape index (κ1) is 14.5. The maximum absolute atomic E-state index is 10.7. The molecule has 0 saturated carbocycles. The van der Waals surface area contributed by atoms with Crippen LogP contribution in [0.1, 0.15) is 12.8 Å². The second-order valence-electron chi connectivity index (χ2n) is 4.25. The van der Waals surface area contributed by atoms with Crippen LogP contribution < -0.4 is 9.47 Å². The van der Waals surface area contributed by atoms with E-state index in [2.05, 4.69) is 0 Å². The molecule has 0 aromatic heterocycles. The highest BCUT2D eigenvalue weighted by Gasteiger charge is 2.16. The molecule has 1 aromatic carbocycles. The van der Waals surface area contributed by atoms with Crippen molar-refractivity contribution in [3.05, 3.63) is 28.3 Å².